The van der Waals surface area contributed by atoms with Crippen molar-refractivity contribution in [3.8, 4) is 0 Å². The molecule has 0 bridgehead atoms. The maximum atomic E-state index is 12.2. The van der Waals surface area contributed by atoms with E-state index >= 15 is 0 Å². The lowest BCUT2D eigenvalue weighted by Crippen LogP contribution is -2.32. The summed E-state index contributed by atoms with van der Waals surface area (Å²) in [6.07, 6.45) is 0. The summed E-state index contributed by atoms with van der Waals surface area (Å²) in [5.74, 6) is -0.201. The maximum absolute atomic E-state index is 12.2. The number of anilines is 3. The molecule has 3 rings (SSSR count). The molecule has 148 valence electrons. The van der Waals surface area contributed by atoms with Crippen molar-refractivity contribution in [3.63, 3.8) is 0 Å². The topological polar surface area (TPSA) is 96.0 Å². The summed E-state index contributed by atoms with van der Waals surface area (Å²) in [5, 5.41) is 8.99. The van der Waals surface area contributed by atoms with Gasteiger partial charge in [-0.05, 0) is 62.4 Å². The number of aryl methyl sites for hydroxylation is 2. The van der Waals surface area contributed by atoms with Gasteiger partial charge in [-0.3, -0.25) is 9.59 Å². The summed E-state index contributed by atoms with van der Waals surface area (Å²) < 4.78 is 0. The summed E-state index contributed by atoms with van der Waals surface area (Å²) >= 11 is 5.80. The number of hydrogen-bond acceptors (Lipinski definition) is 5. The summed E-state index contributed by atoms with van der Waals surface area (Å²) in [4.78, 5) is 32.9. The minimum absolute atomic E-state index is 0.153. The highest BCUT2D eigenvalue weighted by molar-refractivity contribution is 6.30. The van der Waals surface area contributed by atoms with Gasteiger partial charge < -0.3 is 16.0 Å². The molecule has 0 spiro atoms. The molecule has 1 heterocycles. The van der Waals surface area contributed by atoms with E-state index < -0.39 is 0 Å². The van der Waals surface area contributed by atoms with Crippen molar-refractivity contribution in [2.75, 3.05) is 17.2 Å². The number of benzene rings is 2. The van der Waals surface area contributed by atoms with Gasteiger partial charge in [-0.25, -0.2) is 9.97 Å². The predicted molar refractivity (Wildman–Crippen MR) is 114 cm³/mol. The van der Waals surface area contributed by atoms with E-state index in [9.17, 15) is 9.59 Å². The second-order valence-electron chi connectivity index (χ2n) is 6.42. The van der Waals surface area contributed by atoms with Gasteiger partial charge in [-0.1, -0.05) is 17.7 Å². The molecule has 0 radical (unpaired) electrons. The van der Waals surface area contributed by atoms with Crippen LogP contribution in [0.3, 0.4) is 0 Å². The van der Waals surface area contributed by atoms with E-state index in [1.165, 1.54) is 0 Å². The van der Waals surface area contributed by atoms with Gasteiger partial charge >= 0.3 is 0 Å². The van der Waals surface area contributed by atoms with Crippen LogP contribution in [0.2, 0.25) is 5.02 Å². The number of amides is 2. The molecule has 7 nitrogen and oxygen atoms in total. The molecule has 1 aromatic heterocycles. The van der Waals surface area contributed by atoms with E-state index in [-0.39, 0.29) is 18.4 Å². The van der Waals surface area contributed by atoms with Crippen molar-refractivity contribution < 1.29 is 9.59 Å². The molecule has 0 aliphatic heterocycles. The van der Waals surface area contributed by atoms with Crippen LogP contribution in [0, 0.1) is 13.8 Å². The molecular weight excluding hydrogens is 390 g/mol. The van der Waals surface area contributed by atoms with Crippen molar-refractivity contribution in [2.24, 2.45) is 0 Å². The van der Waals surface area contributed by atoms with Crippen LogP contribution < -0.4 is 16.0 Å². The van der Waals surface area contributed by atoms with Crippen LogP contribution in [0.4, 0.5) is 17.3 Å². The van der Waals surface area contributed by atoms with Crippen molar-refractivity contribution >= 4 is 40.7 Å². The van der Waals surface area contributed by atoms with E-state index in [1.807, 2.05) is 26.0 Å². The fourth-order valence-electron chi connectivity index (χ4n) is 2.65. The number of rotatable bonds is 6. The molecule has 2 amide bonds. The summed E-state index contributed by atoms with van der Waals surface area (Å²) in [6, 6.07) is 15.5. The Labute approximate surface area is 173 Å². The van der Waals surface area contributed by atoms with Gasteiger partial charge in [0.25, 0.3) is 5.91 Å². The van der Waals surface area contributed by atoms with Crippen LogP contribution in [0.25, 0.3) is 0 Å². The lowest BCUT2D eigenvalue weighted by Gasteiger charge is -2.10. The molecule has 0 fully saturated rings. The van der Waals surface area contributed by atoms with Gasteiger partial charge in [0.1, 0.15) is 0 Å². The normalized spacial score (nSPS) is 10.3. The SMILES string of the molecule is Cc1cc(C)nc(Nc2cccc(NC(=O)CNC(=O)c3ccc(Cl)cc3)c2)n1. The lowest BCUT2D eigenvalue weighted by molar-refractivity contribution is -0.115. The fraction of sp³-hybridized carbons (Fsp3) is 0.143. The van der Waals surface area contributed by atoms with Crippen LogP contribution in [0.1, 0.15) is 21.7 Å². The van der Waals surface area contributed by atoms with Crippen LogP contribution in [-0.2, 0) is 4.79 Å². The molecule has 0 aliphatic rings. The van der Waals surface area contributed by atoms with E-state index in [0.29, 0.717) is 22.2 Å². The van der Waals surface area contributed by atoms with Gasteiger partial charge in [0.2, 0.25) is 11.9 Å². The molecular formula is C21H20ClN5O2. The zero-order chi connectivity index (χ0) is 20.8. The third-order valence-corrected chi connectivity index (χ3v) is 4.15. The molecule has 0 saturated heterocycles. The smallest absolute Gasteiger partial charge is 0.251 e. The number of carbonyl (C=O) groups excluding carboxylic acids is 2. The molecule has 0 saturated carbocycles. The summed E-state index contributed by atoms with van der Waals surface area (Å²) in [5.41, 5.74) is 3.48. The van der Waals surface area contributed by atoms with Gasteiger partial charge in [-0.2, -0.15) is 0 Å². The first-order valence-electron chi connectivity index (χ1n) is 8.92. The second-order valence-corrected chi connectivity index (χ2v) is 6.85. The molecule has 29 heavy (non-hydrogen) atoms. The van der Waals surface area contributed by atoms with Crippen molar-refractivity contribution in [1.82, 2.24) is 15.3 Å². The molecule has 3 N–H and O–H groups in total. The van der Waals surface area contributed by atoms with E-state index in [0.717, 1.165) is 17.1 Å². The second kappa shape index (κ2) is 9.16. The number of nitrogens with zero attached hydrogens (tertiary/aromatic N) is 2. The number of halogens is 1. The summed E-state index contributed by atoms with van der Waals surface area (Å²) in [7, 11) is 0. The number of carbonyl (C=O) groups is 2. The zero-order valence-electron chi connectivity index (χ0n) is 16.0. The largest absolute Gasteiger partial charge is 0.343 e. The number of hydrogen-bond donors (Lipinski definition) is 3. The number of nitrogens with one attached hydrogen (secondary N) is 3. The van der Waals surface area contributed by atoms with Gasteiger partial charge in [0.05, 0.1) is 6.54 Å². The van der Waals surface area contributed by atoms with Crippen LogP contribution in [0.15, 0.2) is 54.6 Å². The average molecular weight is 410 g/mol. The third-order valence-electron chi connectivity index (χ3n) is 3.90. The van der Waals surface area contributed by atoms with Crippen molar-refractivity contribution in [2.45, 2.75) is 13.8 Å². The first-order chi connectivity index (χ1) is 13.9. The third kappa shape index (κ3) is 6.02. The van der Waals surface area contributed by atoms with Gasteiger partial charge in [-0.15, -0.1) is 0 Å². The predicted octanol–water partition coefficient (Wildman–Crippen LogP) is 3.86. The van der Waals surface area contributed by atoms with Crippen molar-refractivity contribution in [1.29, 1.82) is 0 Å². The van der Waals surface area contributed by atoms with Crippen LogP contribution >= 0.6 is 11.6 Å². The Morgan fingerprint density at radius 3 is 2.28 bits per heavy atom. The minimum Gasteiger partial charge on any atom is -0.343 e. The maximum Gasteiger partial charge on any atom is 0.251 e. The Morgan fingerprint density at radius 2 is 1.59 bits per heavy atom. The van der Waals surface area contributed by atoms with E-state index in [4.69, 9.17) is 11.6 Å². The molecule has 3 aromatic rings. The lowest BCUT2D eigenvalue weighted by atomic mass is 10.2. The van der Waals surface area contributed by atoms with Gasteiger partial charge in [0.15, 0.2) is 0 Å². The Bertz CT molecular complexity index is 1020. The Balaban J connectivity index is 1.57. The Hall–Kier alpha value is -3.45. The first kappa shape index (κ1) is 20.3. The van der Waals surface area contributed by atoms with Crippen LogP contribution in [-0.4, -0.2) is 28.3 Å². The highest BCUT2D eigenvalue weighted by Gasteiger charge is 2.09. The Kier molecular flexibility index (Phi) is 6.41. The van der Waals surface area contributed by atoms with E-state index in [1.54, 1.807) is 42.5 Å². The standard InChI is InChI=1S/C21H20ClN5O2/c1-13-10-14(2)25-21(24-13)27-18-5-3-4-17(11-18)26-19(28)12-23-20(29)15-6-8-16(22)9-7-15/h3-11H,12H2,1-2H3,(H,23,29)(H,26,28)(H,24,25,27). The van der Waals surface area contributed by atoms with Crippen molar-refractivity contribution in [3.05, 3.63) is 76.6 Å². The zero-order valence-corrected chi connectivity index (χ0v) is 16.7. The minimum atomic E-state index is -0.348. The quantitative estimate of drug-likeness (QED) is 0.574. The fourth-order valence-corrected chi connectivity index (χ4v) is 2.78. The van der Waals surface area contributed by atoms with Gasteiger partial charge in [0, 0.05) is 33.3 Å². The molecule has 8 heteroatoms. The monoisotopic (exact) mass is 409 g/mol. The summed E-state index contributed by atoms with van der Waals surface area (Å²) in [6.45, 7) is 3.64. The molecule has 0 unspecified atom stereocenters. The average Bonchev–Trinajstić information content (AvgIpc) is 2.66. The first-order valence-corrected chi connectivity index (χ1v) is 9.30. The van der Waals surface area contributed by atoms with Crippen LogP contribution in [0.5, 0.6) is 0 Å². The highest BCUT2D eigenvalue weighted by Crippen LogP contribution is 2.18. The molecule has 0 aliphatic carbocycles. The molecule has 0 atom stereocenters. The van der Waals surface area contributed by atoms with E-state index in [2.05, 4.69) is 25.9 Å². The Morgan fingerprint density at radius 1 is 0.931 bits per heavy atom. The highest BCUT2D eigenvalue weighted by atomic mass is 35.5. The number of aromatic nitrogens is 2. The molecule has 2 aromatic carbocycles.